The molecule has 0 aliphatic rings. The van der Waals surface area contributed by atoms with Crippen LogP contribution in [-0.4, -0.2) is 16.1 Å². The van der Waals surface area contributed by atoms with E-state index >= 15 is 0 Å². The SMILES string of the molecule is CCCCCCCCc1cnc(-c2ccc(CCCCC(C)F)c(F)c2)nc1. The van der Waals surface area contributed by atoms with E-state index in [2.05, 4.69) is 16.9 Å². The topological polar surface area (TPSA) is 25.8 Å². The monoisotopic (exact) mass is 388 g/mol. The van der Waals surface area contributed by atoms with E-state index in [0.717, 1.165) is 31.2 Å². The first-order chi connectivity index (χ1) is 13.6. The first-order valence-electron chi connectivity index (χ1n) is 10.8. The molecule has 1 aromatic heterocycles. The summed E-state index contributed by atoms with van der Waals surface area (Å²) in [7, 11) is 0. The van der Waals surface area contributed by atoms with Gasteiger partial charge in [-0.15, -0.1) is 0 Å². The molecule has 0 spiro atoms. The highest BCUT2D eigenvalue weighted by Crippen LogP contribution is 2.21. The molecule has 0 aliphatic carbocycles. The van der Waals surface area contributed by atoms with Gasteiger partial charge in [0, 0.05) is 18.0 Å². The quantitative estimate of drug-likeness (QED) is 0.338. The molecule has 0 saturated heterocycles. The molecule has 4 heteroatoms. The second-order valence-electron chi connectivity index (χ2n) is 7.77. The molecule has 0 bridgehead atoms. The molecule has 28 heavy (non-hydrogen) atoms. The third kappa shape index (κ3) is 8.04. The predicted molar refractivity (Wildman–Crippen MR) is 113 cm³/mol. The van der Waals surface area contributed by atoms with E-state index in [1.54, 1.807) is 13.0 Å². The maximum atomic E-state index is 14.4. The average Bonchev–Trinajstić information content (AvgIpc) is 2.69. The van der Waals surface area contributed by atoms with Crippen LogP contribution in [0, 0.1) is 5.82 Å². The maximum absolute atomic E-state index is 14.4. The molecule has 2 nitrogen and oxygen atoms in total. The van der Waals surface area contributed by atoms with Crippen molar-refractivity contribution in [3.05, 3.63) is 47.5 Å². The van der Waals surface area contributed by atoms with Gasteiger partial charge in [-0.05, 0) is 56.2 Å². The minimum absolute atomic E-state index is 0.231. The second-order valence-corrected chi connectivity index (χ2v) is 7.77. The van der Waals surface area contributed by atoms with Crippen LogP contribution in [0.4, 0.5) is 8.78 Å². The molecule has 2 rings (SSSR count). The van der Waals surface area contributed by atoms with Gasteiger partial charge >= 0.3 is 0 Å². The van der Waals surface area contributed by atoms with Crippen molar-refractivity contribution in [2.24, 2.45) is 0 Å². The normalized spacial score (nSPS) is 12.3. The first kappa shape index (κ1) is 22.4. The first-order valence-corrected chi connectivity index (χ1v) is 10.8. The molecule has 0 radical (unpaired) electrons. The van der Waals surface area contributed by atoms with Gasteiger partial charge < -0.3 is 0 Å². The summed E-state index contributed by atoms with van der Waals surface area (Å²) in [4.78, 5) is 8.85. The lowest BCUT2D eigenvalue weighted by atomic mass is 10.0. The summed E-state index contributed by atoms with van der Waals surface area (Å²) in [5, 5.41) is 0. The Morgan fingerprint density at radius 1 is 0.893 bits per heavy atom. The number of unbranched alkanes of at least 4 members (excludes halogenated alkanes) is 6. The smallest absolute Gasteiger partial charge is 0.159 e. The molecule has 1 atom stereocenters. The lowest BCUT2D eigenvalue weighted by Gasteiger charge is -2.07. The van der Waals surface area contributed by atoms with Crippen LogP contribution in [0.2, 0.25) is 0 Å². The van der Waals surface area contributed by atoms with Crippen molar-refractivity contribution in [2.45, 2.75) is 90.6 Å². The van der Waals surface area contributed by atoms with Gasteiger partial charge in [0.05, 0.1) is 6.17 Å². The van der Waals surface area contributed by atoms with Crippen LogP contribution in [0.1, 0.15) is 82.8 Å². The van der Waals surface area contributed by atoms with Crippen LogP contribution < -0.4 is 0 Å². The van der Waals surface area contributed by atoms with Crippen LogP contribution in [0.25, 0.3) is 11.4 Å². The number of aromatic nitrogens is 2. The van der Waals surface area contributed by atoms with E-state index in [1.807, 2.05) is 18.5 Å². The predicted octanol–water partition coefficient (Wildman–Crippen LogP) is 7.26. The van der Waals surface area contributed by atoms with Gasteiger partial charge in [0.1, 0.15) is 5.82 Å². The van der Waals surface area contributed by atoms with Crippen LogP contribution in [0.5, 0.6) is 0 Å². The zero-order valence-electron chi connectivity index (χ0n) is 17.4. The van der Waals surface area contributed by atoms with Gasteiger partial charge in [0.25, 0.3) is 0 Å². The van der Waals surface area contributed by atoms with Gasteiger partial charge in [0.2, 0.25) is 0 Å². The third-order valence-electron chi connectivity index (χ3n) is 5.13. The summed E-state index contributed by atoms with van der Waals surface area (Å²) in [5.74, 6) is 0.328. The van der Waals surface area contributed by atoms with Crippen molar-refractivity contribution in [2.75, 3.05) is 0 Å². The zero-order chi connectivity index (χ0) is 20.2. The van der Waals surface area contributed by atoms with E-state index in [9.17, 15) is 8.78 Å². The maximum Gasteiger partial charge on any atom is 0.159 e. The van der Waals surface area contributed by atoms with Crippen LogP contribution in [0.3, 0.4) is 0 Å². The zero-order valence-corrected chi connectivity index (χ0v) is 17.4. The van der Waals surface area contributed by atoms with Gasteiger partial charge in [-0.1, -0.05) is 57.6 Å². The highest BCUT2D eigenvalue weighted by atomic mass is 19.1. The number of halogens is 2. The molecule has 0 aliphatic heterocycles. The van der Waals surface area contributed by atoms with Gasteiger partial charge in [0.15, 0.2) is 5.82 Å². The number of nitrogens with zero attached hydrogens (tertiary/aromatic N) is 2. The van der Waals surface area contributed by atoms with E-state index in [0.29, 0.717) is 29.8 Å². The summed E-state index contributed by atoms with van der Waals surface area (Å²) < 4.78 is 27.2. The highest BCUT2D eigenvalue weighted by molar-refractivity contribution is 5.55. The minimum atomic E-state index is -0.784. The van der Waals surface area contributed by atoms with Crippen molar-refractivity contribution < 1.29 is 8.78 Å². The molecule has 1 aromatic carbocycles. The molecule has 2 aromatic rings. The molecular formula is C24H34F2N2. The lowest BCUT2D eigenvalue weighted by molar-refractivity contribution is 0.331. The van der Waals surface area contributed by atoms with Crippen molar-refractivity contribution in [3.8, 4) is 11.4 Å². The van der Waals surface area contributed by atoms with E-state index in [1.165, 1.54) is 38.2 Å². The Kier molecular flexibility index (Phi) is 10.1. The number of hydrogen-bond acceptors (Lipinski definition) is 2. The number of alkyl halides is 1. The standard InChI is InChI=1S/C24H34F2N2/c1-3-4-5-6-7-8-12-20-17-27-24(28-18-20)22-15-14-21(23(26)16-22)13-10-9-11-19(2)25/h14-19H,3-13H2,1-2H3. The number of hydrogen-bond donors (Lipinski definition) is 0. The van der Waals surface area contributed by atoms with E-state index in [4.69, 9.17) is 0 Å². The Labute approximate surface area is 168 Å². The van der Waals surface area contributed by atoms with Gasteiger partial charge in [-0.3, -0.25) is 0 Å². The van der Waals surface area contributed by atoms with Crippen LogP contribution >= 0.6 is 0 Å². The fraction of sp³-hybridized carbons (Fsp3) is 0.583. The molecular weight excluding hydrogens is 354 g/mol. The van der Waals surface area contributed by atoms with Crippen molar-refractivity contribution in [1.29, 1.82) is 0 Å². The summed E-state index contributed by atoms with van der Waals surface area (Å²) in [5.41, 5.74) is 2.51. The molecule has 0 saturated carbocycles. The van der Waals surface area contributed by atoms with Crippen molar-refractivity contribution in [3.63, 3.8) is 0 Å². The number of aryl methyl sites for hydroxylation is 2. The highest BCUT2D eigenvalue weighted by Gasteiger charge is 2.08. The van der Waals surface area contributed by atoms with Crippen molar-refractivity contribution in [1.82, 2.24) is 9.97 Å². The molecule has 0 fully saturated rings. The molecule has 1 heterocycles. The second kappa shape index (κ2) is 12.6. The van der Waals surface area contributed by atoms with Crippen LogP contribution in [-0.2, 0) is 12.8 Å². The molecule has 1 unspecified atom stereocenters. The van der Waals surface area contributed by atoms with E-state index in [-0.39, 0.29) is 5.82 Å². The lowest BCUT2D eigenvalue weighted by Crippen LogP contribution is -1.97. The summed E-state index contributed by atoms with van der Waals surface area (Å²) >= 11 is 0. The Balaban J connectivity index is 1.83. The van der Waals surface area contributed by atoms with Crippen LogP contribution in [0.15, 0.2) is 30.6 Å². The molecule has 0 amide bonds. The van der Waals surface area contributed by atoms with Crippen molar-refractivity contribution >= 4 is 0 Å². The number of benzene rings is 1. The summed E-state index contributed by atoms with van der Waals surface area (Å²) in [6.45, 7) is 3.79. The molecule has 0 N–H and O–H groups in total. The summed E-state index contributed by atoms with van der Waals surface area (Å²) in [6, 6.07) is 5.19. The largest absolute Gasteiger partial charge is 0.248 e. The average molecular weight is 389 g/mol. The Morgan fingerprint density at radius 2 is 1.57 bits per heavy atom. The van der Waals surface area contributed by atoms with Gasteiger partial charge in [-0.2, -0.15) is 0 Å². The fourth-order valence-corrected chi connectivity index (χ4v) is 3.37. The Morgan fingerprint density at radius 3 is 2.25 bits per heavy atom. The minimum Gasteiger partial charge on any atom is -0.248 e. The third-order valence-corrected chi connectivity index (χ3v) is 5.13. The Bertz CT molecular complexity index is 684. The summed E-state index contributed by atoms with van der Waals surface area (Å²) in [6.07, 6.45) is 14.3. The number of rotatable bonds is 13. The van der Waals surface area contributed by atoms with Gasteiger partial charge in [-0.25, -0.2) is 18.7 Å². The fourth-order valence-electron chi connectivity index (χ4n) is 3.37. The Hall–Kier alpha value is -1.84. The molecule has 154 valence electrons. The van der Waals surface area contributed by atoms with E-state index < -0.39 is 6.17 Å².